The van der Waals surface area contributed by atoms with Gasteiger partial charge in [-0.2, -0.15) is 0 Å². The van der Waals surface area contributed by atoms with Crippen LogP contribution in [-0.2, 0) is 0 Å². The quantitative estimate of drug-likeness (QED) is 0.505. The minimum atomic E-state index is -0.248. The number of hydrogen-bond acceptors (Lipinski definition) is 0. The molecule has 0 bridgehead atoms. The lowest BCUT2D eigenvalue weighted by Crippen LogP contribution is -1.80. The first-order valence-electron chi connectivity index (χ1n) is 2.62. The highest BCUT2D eigenvalue weighted by atomic mass is 35.5. The predicted molar refractivity (Wildman–Crippen MR) is 41.9 cm³/mol. The molecule has 0 spiro atoms. The van der Waals surface area contributed by atoms with Gasteiger partial charge in [0.05, 0.1) is 0 Å². The molecule has 0 aliphatic rings. The summed E-state index contributed by atoms with van der Waals surface area (Å²) in [5.41, 5.74) is 0.513. The molecule has 0 aromatic heterocycles. The maximum Gasteiger partial charge on any atom is 0.127 e. The van der Waals surface area contributed by atoms with E-state index in [2.05, 4.69) is 0 Å². The van der Waals surface area contributed by atoms with Crippen LogP contribution in [0.15, 0.2) is 18.2 Å². The Balaban J connectivity index is 0.000000810. The lowest BCUT2D eigenvalue weighted by molar-refractivity contribution is 0.618. The molecule has 0 N–H and O–H groups in total. The highest BCUT2D eigenvalue weighted by Crippen LogP contribution is 2.16. The molecule has 0 saturated heterocycles. The van der Waals surface area contributed by atoms with E-state index in [1.54, 1.807) is 19.1 Å². The second-order valence-electron chi connectivity index (χ2n) is 1.85. The highest BCUT2D eigenvalue weighted by Gasteiger charge is 1.97. The third-order valence-corrected chi connectivity index (χ3v) is 1.61. The van der Waals surface area contributed by atoms with Gasteiger partial charge in [0.1, 0.15) is 5.82 Å². The van der Waals surface area contributed by atoms with Crippen LogP contribution in [0.2, 0.25) is 5.02 Å². The van der Waals surface area contributed by atoms with Crippen molar-refractivity contribution in [2.75, 3.05) is 0 Å². The Kier molecular flexibility index (Phi) is 3.44. The fourth-order valence-corrected chi connectivity index (χ4v) is 0.744. The fraction of sp³-hybridized carbons (Fsp3) is 0.143. The van der Waals surface area contributed by atoms with Crippen LogP contribution in [0.3, 0.4) is 0 Å². The fourth-order valence-electron chi connectivity index (χ4n) is 0.581. The Bertz CT molecular complexity index is 205. The second-order valence-corrected chi connectivity index (χ2v) is 2.25. The van der Waals surface area contributed by atoms with Crippen LogP contribution < -0.4 is 0 Å². The third-order valence-electron chi connectivity index (χ3n) is 1.20. The van der Waals surface area contributed by atoms with Crippen LogP contribution in [0.1, 0.15) is 5.56 Å². The zero-order chi connectivity index (χ0) is 6.85. The van der Waals surface area contributed by atoms with Gasteiger partial charge in [0.15, 0.2) is 0 Å². The minimum absolute atomic E-state index is 0. The summed E-state index contributed by atoms with van der Waals surface area (Å²) in [5, 5.41) is 0.481. The molecule has 0 nitrogen and oxygen atoms in total. The summed E-state index contributed by atoms with van der Waals surface area (Å²) in [7, 11) is 0. The van der Waals surface area contributed by atoms with Crippen LogP contribution in [-0.4, -0.2) is 8.41 Å². The van der Waals surface area contributed by atoms with Crippen LogP contribution in [0.5, 0.6) is 0 Å². The van der Waals surface area contributed by atoms with E-state index in [0.29, 0.717) is 10.6 Å². The van der Waals surface area contributed by atoms with Gasteiger partial charge in [0.25, 0.3) is 0 Å². The van der Waals surface area contributed by atoms with E-state index in [1.807, 2.05) is 0 Å². The Morgan fingerprint density at radius 1 is 1.40 bits per heavy atom. The summed E-state index contributed by atoms with van der Waals surface area (Å²) in [5.74, 6) is -0.248. The van der Waals surface area contributed by atoms with E-state index >= 15 is 0 Å². The van der Waals surface area contributed by atoms with E-state index < -0.39 is 0 Å². The summed E-state index contributed by atoms with van der Waals surface area (Å²) in [6, 6.07) is 4.64. The highest BCUT2D eigenvalue weighted by molar-refractivity contribution is 6.31. The zero-order valence-electron chi connectivity index (χ0n) is 5.57. The Morgan fingerprint density at radius 2 is 2.00 bits per heavy atom. The molecule has 10 heavy (non-hydrogen) atoms. The van der Waals surface area contributed by atoms with Crippen molar-refractivity contribution < 1.29 is 4.39 Å². The topological polar surface area (TPSA) is 0 Å². The van der Waals surface area contributed by atoms with E-state index in [9.17, 15) is 4.39 Å². The average Bonchev–Trinajstić information content (AvgIpc) is 1.83. The van der Waals surface area contributed by atoms with Gasteiger partial charge in [0.2, 0.25) is 0 Å². The average molecular weight is 155 g/mol. The van der Waals surface area contributed by atoms with Crippen molar-refractivity contribution in [1.29, 1.82) is 0 Å². The molecule has 0 aliphatic carbocycles. The van der Waals surface area contributed by atoms with Crippen molar-refractivity contribution in [1.82, 2.24) is 0 Å². The van der Waals surface area contributed by atoms with Gasteiger partial charge in [-0.3, -0.25) is 0 Å². The second kappa shape index (κ2) is 3.62. The maximum absolute atomic E-state index is 12.5. The molecule has 51 valence electrons. The number of benzene rings is 1. The van der Waals surface area contributed by atoms with Crippen LogP contribution in [0, 0.1) is 12.7 Å². The van der Waals surface area contributed by atoms with Crippen molar-refractivity contribution in [2.45, 2.75) is 6.92 Å². The predicted octanol–water partition coefficient (Wildman–Crippen LogP) is 2.41. The summed E-state index contributed by atoms with van der Waals surface area (Å²) < 4.78 is 12.5. The number of halogens is 2. The lowest BCUT2D eigenvalue weighted by atomic mass is 10.2. The standard InChI is InChI=1S/C7H6ClF.B/c1-5-6(8)3-2-4-7(5)9;/h2-4H,1H3;. The lowest BCUT2D eigenvalue weighted by Gasteiger charge is -1.95. The Labute approximate surface area is 66.6 Å². The molecule has 1 aromatic carbocycles. The molecule has 0 fully saturated rings. The summed E-state index contributed by atoms with van der Waals surface area (Å²) in [6.45, 7) is 1.65. The maximum atomic E-state index is 12.5. The zero-order valence-corrected chi connectivity index (χ0v) is 6.32. The van der Waals surface area contributed by atoms with E-state index in [0.717, 1.165) is 0 Å². The molecule has 3 radical (unpaired) electrons. The first kappa shape index (κ1) is 9.50. The largest absolute Gasteiger partial charge is 0.207 e. The van der Waals surface area contributed by atoms with Crippen molar-refractivity contribution in [3.8, 4) is 0 Å². The molecule has 0 aliphatic heterocycles. The molecule has 3 heteroatoms. The van der Waals surface area contributed by atoms with E-state index in [4.69, 9.17) is 11.6 Å². The third kappa shape index (κ3) is 1.74. The summed E-state index contributed by atoms with van der Waals surface area (Å²) in [4.78, 5) is 0. The Hall–Kier alpha value is -0.495. The van der Waals surface area contributed by atoms with E-state index in [-0.39, 0.29) is 14.2 Å². The van der Waals surface area contributed by atoms with Crippen LogP contribution in [0.4, 0.5) is 4.39 Å². The molecule has 0 saturated carbocycles. The van der Waals surface area contributed by atoms with Gasteiger partial charge >= 0.3 is 0 Å². The van der Waals surface area contributed by atoms with Crippen LogP contribution >= 0.6 is 11.6 Å². The molecule has 0 atom stereocenters. The summed E-state index contributed by atoms with van der Waals surface area (Å²) >= 11 is 5.57. The van der Waals surface area contributed by atoms with Gasteiger partial charge in [0, 0.05) is 19.0 Å². The van der Waals surface area contributed by atoms with Crippen LogP contribution in [0.25, 0.3) is 0 Å². The van der Waals surface area contributed by atoms with Gasteiger partial charge in [-0.1, -0.05) is 17.7 Å². The van der Waals surface area contributed by atoms with Gasteiger partial charge < -0.3 is 0 Å². The van der Waals surface area contributed by atoms with Crippen molar-refractivity contribution in [3.05, 3.63) is 34.6 Å². The minimum Gasteiger partial charge on any atom is -0.207 e. The smallest absolute Gasteiger partial charge is 0.127 e. The first-order valence-corrected chi connectivity index (χ1v) is 3.00. The van der Waals surface area contributed by atoms with Crippen molar-refractivity contribution >= 4 is 20.0 Å². The SMILES string of the molecule is Cc1c(F)cccc1Cl.[B]. The summed E-state index contributed by atoms with van der Waals surface area (Å²) in [6.07, 6.45) is 0. The Morgan fingerprint density at radius 3 is 2.40 bits per heavy atom. The van der Waals surface area contributed by atoms with Crippen molar-refractivity contribution in [3.63, 3.8) is 0 Å². The van der Waals surface area contributed by atoms with E-state index in [1.165, 1.54) is 6.07 Å². The van der Waals surface area contributed by atoms with Gasteiger partial charge in [-0.25, -0.2) is 4.39 Å². The van der Waals surface area contributed by atoms with Crippen molar-refractivity contribution in [2.24, 2.45) is 0 Å². The monoisotopic (exact) mass is 155 g/mol. The normalized spacial score (nSPS) is 8.70. The molecule has 0 heterocycles. The van der Waals surface area contributed by atoms with Gasteiger partial charge in [-0.05, 0) is 19.1 Å². The molecule has 1 rings (SSSR count). The molecular formula is C7H6BClF. The van der Waals surface area contributed by atoms with Gasteiger partial charge in [-0.15, -0.1) is 0 Å². The molecule has 0 unspecified atom stereocenters. The molecule has 1 aromatic rings. The molecule has 0 amide bonds. The molecular weight excluding hydrogens is 149 g/mol. The number of hydrogen-bond donors (Lipinski definition) is 0. The first-order chi connectivity index (χ1) is 4.22. The number of rotatable bonds is 0.